The highest BCUT2D eigenvalue weighted by atomic mass is 15.0. The Kier molecular flexibility index (Phi) is 5.76. The average molecular weight is 363 g/mol. The van der Waals surface area contributed by atoms with Gasteiger partial charge in [0.05, 0.1) is 11.7 Å². The highest BCUT2D eigenvalue weighted by Crippen LogP contribution is 2.32. The van der Waals surface area contributed by atoms with Gasteiger partial charge < -0.3 is 10.7 Å². The number of nitrogens with zero attached hydrogens (tertiary/aromatic N) is 2. The molecular weight excluding hydrogens is 332 g/mol. The third kappa shape index (κ3) is 4.83. The molecule has 142 valence electrons. The standard InChI is InChI=1S/C23H30N4/c1-5-19(21(24)22-26-15-18(27-22)14-23(2,3)4)16-9-11-17(12-10-16)20-8-6-7-13-25-20/h6-13,15,19,21H,5,14,24H2,1-4H3,(H,26,27). The minimum absolute atomic E-state index is 0.149. The number of nitrogens with one attached hydrogen (secondary N) is 1. The molecule has 4 nitrogen and oxygen atoms in total. The van der Waals surface area contributed by atoms with Crippen molar-refractivity contribution in [3.8, 4) is 11.3 Å². The Balaban J connectivity index is 1.78. The first kappa shape index (κ1) is 19.3. The Labute approximate surface area is 162 Å². The van der Waals surface area contributed by atoms with Crippen LogP contribution in [0.2, 0.25) is 0 Å². The molecule has 0 fully saturated rings. The Bertz CT molecular complexity index is 844. The van der Waals surface area contributed by atoms with Gasteiger partial charge in [-0.15, -0.1) is 0 Å². The highest BCUT2D eigenvalue weighted by molar-refractivity contribution is 5.59. The van der Waals surface area contributed by atoms with Crippen LogP contribution in [0.15, 0.2) is 54.9 Å². The molecule has 0 aliphatic rings. The van der Waals surface area contributed by atoms with Crippen molar-refractivity contribution in [2.24, 2.45) is 11.1 Å². The molecule has 0 saturated heterocycles. The Hall–Kier alpha value is -2.46. The minimum atomic E-state index is -0.149. The van der Waals surface area contributed by atoms with E-state index in [1.807, 2.05) is 30.6 Å². The molecule has 3 rings (SSSR count). The highest BCUT2D eigenvalue weighted by Gasteiger charge is 2.23. The maximum atomic E-state index is 6.60. The van der Waals surface area contributed by atoms with Crippen LogP contribution in [0, 0.1) is 5.41 Å². The fraction of sp³-hybridized carbons (Fsp3) is 0.391. The van der Waals surface area contributed by atoms with Crippen LogP contribution in [0.4, 0.5) is 0 Å². The number of pyridine rings is 1. The van der Waals surface area contributed by atoms with Gasteiger partial charge in [0.25, 0.3) is 0 Å². The van der Waals surface area contributed by atoms with Crippen LogP contribution in [0.1, 0.15) is 63.2 Å². The molecule has 0 aliphatic carbocycles. The summed E-state index contributed by atoms with van der Waals surface area (Å²) < 4.78 is 0. The predicted octanol–water partition coefficient (Wildman–Crippen LogP) is 5.25. The van der Waals surface area contributed by atoms with E-state index >= 15 is 0 Å². The van der Waals surface area contributed by atoms with Crippen molar-refractivity contribution in [2.45, 2.75) is 52.5 Å². The zero-order valence-electron chi connectivity index (χ0n) is 16.7. The van der Waals surface area contributed by atoms with Gasteiger partial charge in [0.2, 0.25) is 0 Å². The molecule has 0 spiro atoms. The van der Waals surface area contributed by atoms with Gasteiger partial charge in [-0.1, -0.05) is 58.0 Å². The quantitative estimate of drug-likeness (QED) is 0.629. The lowest BCUT2D eigenvalue weighted by Gasteiger charge is -2.22. The van der Waals surface area contributed by atoms with E-state index in [0.717, 1.165) is 35.6 Å². The van der Waals surface area contributed by atoms with Crippen molar-refractivity contribution < 1.29 is 0 Å². The first-order valence-corrected chi connectivity index (χ1v) is 9.68. The maximum absolute atomic E-state index is 6.60. The second kappa shape index (κ2) is 8.05. The summed E-state index contributed by atoms with van der Waals surface area (Å²) in [6, 6.07) is 14.4. The molecule has 0 aliphatic heterocycles. The number of nitrogens with two attached hydrogens (primary N) is 1. The number of hydrogen-bond donors (Lipinski definition) is 2. The van der Waals surface area contributed by atoms with E-state index in [4.69, 9.17) is 5.73 Å². The Morgan fingerprint density at radius 2 is 1.78 bits per heavy atom. The van der Waals surface area contributed by atoms with Crippen molar-refractivity contribution in [3.63, 3.8) is 0 Å². The molecule has 4 heteroatoms. The van der Waals surface area contributed by atoms with E-state index in [9.17, 15) is 0 Å². The summed E-state index contributed by atoms with van der Waals surface area (Å²) >= 11 is 0. The molecule has 3 aromatic rings. The Morgan fingerprint density at radius 1 is 1.04 bits per heavy atom. The zero-order chi connectivity index (χ0) is 19.4. The van der Waals surface area contributed by atoms with Gasteiger partial charge in [0.1, 0.15) is 5.82 Å². The van der Waals surface area contributed by atoms with Crippen molar-refractivity contribution in [1.82, 2.24) is 15.0 Å². The molecule has 2 heterocycles. The second-order valence-electron chi connectivity index (χ2n) is 8.41. The molecule has 3 N–H and O–H groups in total. The molecule has 0 radical (unpaired) electrons. The van der Waals surface area contributed by atoms with Crippen LogP contribution in [-0.4, -0.2) is 15.0 Å². The first-order valence-electron chi connectivity index (χ1n) is 9.68. The number of aromatic amines is 1. The fourth-order valence-electron chi connectivity index (χ4n) is 3.53. The topological polar surface area (TPSA) is 67.6 Å². The third-order valence-corrected chi connectivity index (χ3v) is 4.86. The van der Waals surface area contributed by atoms with Gasteiger partial charge >= 0.3 is 0 Å². The van der Waals surface area contributed by atoms with E-state index < -0.39 is 0 Å². The lowest BCUT2D eigenvalue weighted by molar-refractivity contribution is 0.406. The lowest BCUT2D eigenvalue weighted by Crippen LogP contribution is -2.21. The molecule has 1 aromatic carbocycles. The zero-order valence-corrected chi connectivity index (χ0v) is 16.7. The van der Waals surface area contributed by atoms with E-state index in [2.05, 4.69) is 66.9 Å². The van der Waals surface area contributed by atoms with Crippen LogP contribution in [-0.2, 0) is 6.42 Å². The minimum Gasteiger partial charge on any atom is -0.345 e. The van der Waals surface area contributed by atoms with Gasteiger partial charge in [-0.3, -0.25) is 4.98 Å². The molecule has 27 heavy (non-hydrogen) atoms. The SMILES string of the molecule is CCC(c1ccc(-c2ccccn2)cc1)C(N)c1ncc(CC(C)(C)C)[nH]1. The molecule has 2 atom stereocenters. The average Bonchev–Trinajstić information content (AvgIpc) is 3.10. The third-order valence-electron chi connectivity index (χ3n) is 4.86. The van der Waals surface area contributed by atoms with E-state index in [1.54, 1.807) is 0 Å². The maximum Gasteiger partial charge on any atom is 0.123 e. The number of hydrogen-bond acceptors (Lipinski definition) is 3. The summed E-state index contributed by atoms with van der Waals surface area (Å²) in [5.74, 6) is 1.09. The van der Waals surface area contributed by atoms with Gasteiger partial charge in [-0.25, -0.2) is 4.98 Å². The molecule has 2 aromatic heterocycles. The largest absolute Gasteiger partial charge is 0.345 e. The summed E-state index contributed by atoms with van der Waals surface area (Å²) in [6.45, 7) is 8.86. The van der Waals surface area contributed by atoms with Crippen LogP contribution in [0.25, 0.3) is 11.3 Å². The van der Waals surface area contributed by atoms with Gasteiger partial charge in [-0.2, -0.15) is 0 Å². The predicted molar refractivity (Wildman–Crippen MR) is 111 cm³/mol. The van der Waals surface area contributed by atoms with E-state index in [1.165, 1.54) is 5.56 Å². The van der Waals surface area contributed by atoms with Crippen LogP contribution < -0.4 is 5.73 Å². The van der Waals surface area contributed by atoms with Gasteiger partial charge in [0, 0.05) is 29.6 Å². The van der Waals surface area contributed by atoms with Crippen molar-refractivity contribution in [3.05, 3.63) is 71.9 Å². The molecule has 0 saturated carbocycles. The number of rotatable bonds is 6. The number of benzene rings is 1. The Morgan fingerprint density at radius 3 is 2.37 bits per heavy atom. The van der Waals surface area contributed by atoms with Crippen LogP contribution >= 0.6 is 0 Å². The van der Waals surface area contributed by atoms with Crippen LogP contribution in [0.5, 0.6) is 0 Å². The summed E-state index contributed by atoms with van der Waals surface area (Å²) in [5.41, 5.74) is 11.3. The molecule has 0 amide bonds. The van der Waals surface area contributed by atoms with E-state index in [-0.39, 0.29) is 17.4 Å². The van der Waals surface area contributed by atoms with Gasteiger partial charge in [0.15, 0.2) is 0 Å². The van der Waals surface area contributed by atoms with Crippen LogP contribution in [0.3, 0.4) is 0 Å². The number of H-pyrrole nitrogens is 1. The van der Waals surface area contributed by atoms with Crippen molar-refractivity contribution in [1.29, 1.82) is 0 Å². The summed E-state index contributed by atoms with van der Waals surface area (Å²) in [6.07, 6.45) is 5.67. The normalized spacial score (nSPS) is 14.1. The first-order chi connectivity index (χ1) is 12.9. The fourth-order valence-corrected chi connectivity index (χ4v) is 3.53. The summed E-state index contributed by atoms with van der Waals surface area (Å²) in [5, 5.41) is 0. The monoisotopic (exact) mass is 362 g/mol. The molecule has 0 bridgehead atoms. The van der Waals surface area contributed by atoms with Gasteiger partial charge in [-0.05, 0) is 36.0 Å². The molecular formula is C23H30N4. The molecule has 2 unspecified atom stereocenters. The number of imidazole rings is 1. The smallest absolute Gasteiger partial charge is 0.123 e. The summed E-state index contributed by atoms with van der Waals surface area (Å²) in [7, 11) is 0. The van der Waals surface area contributed by atoms with Crippen molar-refractivity contribution >= 4 is 0 Å². The summed E-state index contributed by atoms with van der Waals surface area (Å²) in [4.78, 5) is 12.4. The van der Waals surface area contributed by atoms with Crippen molar-refractivity contribution in [2.75, 3.05) is 0 Å². The van der Waals surface area contributed by atoms with E-state index in [0.29, 0.717) is 0 Å². The lowest BCUT2D eigenvalue weighted by atomic mass is 9.88. The second-order valence-corrected chi connectivity index (χ2v) is 8.41. The number of aromatic nitrogens is 3.